The number of rotatable bonds is 4. The van der Waals surface area contributed by atoms with Gasteiger partial charge in [0.15, 0.2) is 0 Å². The number of aromatic amines is 1. The van der Waals surface area contributed by atoms with Gasteiger partial charge in [-0.05, 0) is 41.6 Å². The lowest BCUT2D eigenvalue weighted by molar-refractivity contribution is 0.101. The van der Waals surface area contributed by atoms with Crippen molar-refractivity contribution >= 4 is 34.8 Å². The first-order chi connectivity index (χ1) is 11.6. The van der Waals surface area contributed by atoms with Crippen molar-refractivity contribution in [2.75, 3.05) is 10.6 Å². The summed E-state index contributed by atoms with van der Waals surface area (Å²) in [6.07, 6.45) is 0. The first-order valence-electron chi connectivity index (χ1n) is 6.84. The minimum absolute atomic E-state index is 0.122. The number of carbonyl (C=O) groups is 2. The number of H-pyrrole nitrogens is 1. The van der Waals surface area contributed by atoms with Crippen molar-refractivity contribution in [3.05, 3.63) is 64.9 Å². The third-order valence-corrected chi connectivity index (χ3v) is 3.32. The van der Waals surface area contributed by atoms with E-state index in [1.807, 2.05) is 0 Å². The number of nitrogens with zero attached hydrogens (tertiary/aromatic N) is 3. The fourth-order valence-corrected chi connectivity index (χ4v) is 2.08. The van der Waals surface area contributed by atoms with E-state index in [9.17, 15) is 9.59 Å². The van der Waals surface area contributed by atoms with Gasteiger partial charge in [0, 0.05) is 10.7 Å². The van der Waals surface area contributed by atoms with Gasteiger partial charge in [0.2, 0.25) is 0 Å². The van der Waals surface area contributed by atoms with E-state index in [0.717, 1.165) is 0 Å². The molecule has 8 nitrogen and oxygen atoms in total. The summed E-state index contributed by atoms with van der Waals surface area (Å²) in [4.78, 5) is 24.4. The largest absolute Gasteiger partial charge is 0.322 e. The first kappa shape index (κ1) is 15.6. The Morgan fingerprint density at radius 3 is 2.42 bits per heavy atom. The predicted molar refractivity (Wildman–Crippen MR) is 88.0 cm³/mol. The first-order valence-corrected chi connectivity index (χ1v) is 7.22. The van der Waals surface area contributed by atoms with Gasteiger partial charge in [-0.3, -0.25) is 9.59 Å². The van der Waals surface area contributed by atoms with Crippen molar-refractivity contribution in [2.45, 2.75) is 0 Å². The summed E-state index contributed by atoms with van der Waals surface area (Å²) in [5, 5.41) is 18.6. The molecule has 0 fully saturated rings. The maximum atomic E-state index is 12.4. The van der Waals surface area contributed by atoms with Crippen LogP contribution in [0.1, 0.15) is 21.0 Å². The molecular weight excluding hydrogens is 332 g/mol. The minimum Gasteiger partial charge on any atom is -0.322 e. The van der Waals surface area contributed by atoms with E-state index in [0.29, 0.717) is 22.0 Å². The van der Waals surface area contributed by atoms with E-state index in [4.69, 9.17) is 11.6 Å². The van der Waals surface area contributed by atoms with Crippen LogP contribution in [-0.2, 0) is 0 Å². The third kappa shape index (κ3) is 3.55. The van der Waals surface area contributed by atoms with Gasteiger partial charge >= 0.3 is 0 Å². The summed E-state index contributed by atoms with van der Waals surface area (Å²) in [5.41, 5.74) is 1.21. The van der Waals surface area contributed by atoms with Crippen LogP contribution in [0.3, 0.4) is 0 Å². The fourth-order valence-electron chi connectivity index (χ4n) is 1.96. The Bertz CT molecular complexity index is 864. The molecule has 3 N–H and O–H groups in total. The lowest BCUT2D eigenvalue weighted by Gasteiger charge is -2.10. The average molecular weight is 343 g/mol. The fraction of sp³-hybridized carbons (Fsp3) is 0. The number of amides is 2. The number of hydrogen-bond donors (Lipinski definition) is 3. The molecule has 3 rings (SSSR count). The Hall–Kier alpha value is -3.26. The molecule has 0 atom stereocenters. The molecule has 1 aromatic heterocycles. The maximum Gasteiger partial charge on any atom is 0.297 e. The lowest BCUT2D eigenvalue weighted by Crippen LogP contribution is -2.19. The van der Waals surface area contributed by atoms with Crippen LogP contribution in [0.5, 0.6) is 0 Å². The van der Waals surface area contributed by atoms with Crippen molar-refractivity contribution < 1.29 is 9.59 Å². The van der Waals surface area contributed by atoms with Crippen molar-refractivity contribution in [3.63, 3.8) is 0 Å². The molecule has 0 saturated carbocycles. The molecule has 1 heterocycles. The van der Waals surface area contributed by atoms with E-state index >= 15 is 0 Å². The smallest absolute Gasteiger partial charge is 0.297 e. The average Bonchev–Trinajstić information content (AvgIpc) is 3.12. The Morgan fingerprint density at radius 2 is 1.71 bits per heavy atom. The number of aromatic nitrogens is 4. The molecule has 2 aromatic carbocycles. The SMILES string of the molecule is O=C(Nc1ccccc1C(=O)Nc1ccc(Cl)cc1)c1nn[nH]n1. The van der Waals surface area contributed by atoms with Gasteiger partial charge in [0.1, 0.15) is 0 Å². The van der Waals surface area contributed by atoms with Gasteiger partial charge in [0.05, 0.1) is 11.3 Å². The number of hydrogen-bond acceptors (Lipinski definition) is 5. The number of anilines is 2. The number of tetrazole rings is 1. The van der Waals surface area contributed by atoms with Gasteiger partial charge < -0.3 is 10.6 Å². The lowest BCUT2D eigenvalue weighted by atomic mass is 10.1. The zero-order chi connectivity index (χ0) is 16.9. The number of carbonyl (C=O) groups excluding carboxylic acids is 2. The highest BCUT2D eigenvalue weighted by Gasteiger charge is 2.16. The zero-order valence-corrected chi connectivity index (χ0v) is 12.9. The molecule has 0 aliphatic rings. The second kappa shape index (κ2) is 6.88. The monoisotopic (exact) mass is 342 g/mol. The summed E-state index contributed by atoms with van der Waals surface area (Å²) in [7, 11) is 0. The van der Waals surface area contributed by atoms with Crippen LogP contribution in [0.15, 0.2) is 48.5 Å². The Balaban J connectivity index is 1.79. The van der Waals surface area contributed by atoms with Gasteiger partial charge in [-0.25, -0.2) is 0 Å². The molecular formula is C15H11ClN6O2. The topological polar surface area (TPSA) is 113 Å². The number of halogens is 1. The van der Waals surface area contributed by atoms with E-state index in [1.54, 1.807) is 48.5 Å². The summed E-state index contributed by atoms with van der Waals surface area (Å²) in [6, 6.07) is 13.3. The van der Waals surface area contributed by atoms with Crippen molar-refractivity contribution in [3.8, 4) is 0 Å². The number of benzene rings is 2. The molecule has 0 radical (unpaired) electrons. The van der Waals surface area contributed by atoms with Gasteiger partial charge in [-0.15, -0.1) is 10.2 Å². The van der Waals surface area contributed by atoms with E-state index < -0.39 is 5.91 Å². The van der Waals surface area contributed by atoms with Gasteiger partial charge in [-0.2, -0.15) is 5.21 Å². The third-order valence-electron chi connectivity index (χ3n) is 3.07. The van der Waals surface area contributed by atoms with E-state index in [-0.39, 0.29) is 11.7 Å². The van der Waals surface area contributed by atoms with Gasteiger partial charge in [-0.1, -0.05) is 23.7 Å². The second-order valence-electron chi connectivity index (χ2n) is 4.70. The maximum absolute atomic E-state index is 12.4. The van der Waals surface area contributed by atoms with Crippen LogP contribution in [-0.4, -0.2) is 32.4 Å². The molecule has 0 saturated heterocycles. The normalized spacial score (nSPS) is 10.2. The molecule has 3 aromatic rings. The van der Waals surface area contributed by atoms with Crippen LogP contribution >= 0.6 is 11.6 Å². The molecule has 24 heavy (non-hydrogen) atoms. The quantitative estimate of drug-likeness (QED) is 0.673. The highest BCUT2D eigenvalue weighted by atomic mass is 35.5. The zero-order valence-electron chi connectivity index (χ0n) is 12.2. The summed E-state index contributed by atoms with van der Waals surface area (Å²) in [6.45, 7) is 0. The highest BCUT2D eigenvalue weighted by Crippen LogP contribution is 2.19. The summed E-state index contributed by atoms with van der Waals surface area (Å²) >= 11 is 5.82. The van der Waals surface area contributed by atoms with Crippen LogP contribution in [0.25, 0.3) is 0 Å². The Kier molecular flexibility index (Phi) is 4.48. The number of para-hydroxylation sites is 1. The second-order valence-corrected chi connectivity index (χ2v) is 5.13. The van der Waals surface area contributed by atoms with Gasteiger partial charge in [0.25, 0.3) is 17.6 Å². The highest BCUT2D eigenvalue weighted by molar-refractivity contribution is 6.30. The summed E-state index contributed by atoms with van der Waals surface area (Å²) < 4.78 is 0. The van der Waals surface area contributed by atoms with E-state index in [2.05, 4.69) is 31.3 Å². The van der Waals surface area contributed by atoms with Crippen molar-refractivity contribution in [1.82, 2.24) is 20.6 Å². The number of nitrogens with one attached hydrogen (secondary N) is 3. The Labute approximate surface area is 141 Å². The molecule has 9 heteroatoms. The van der Waals surface area contributed by atoms with Crippen LogP contribution in [0.4, 0.5) is 11.4 Å². The summed E-state index contributed by atoms with van der Waals surface area (Å²) in [5.74, 6) is -1.07. The standard InChI is InChI=1S/C15H11ClN6O2/c16-9-5-7-10(8-6-9)17-14(23)11-3-1-2-4-12(11)18-15(24)13-19-21-22-20-13/h1-8H,(H,17,23)(H,18,24)(H,19,20,21,22). The predicted octanol–water partition coefficient (Wildman–Crippen LogP) is 2.36. The molecule has 0 spiro atoms. The van der Waals surface area contributed by atoms with Crippen LogP contribution in [0, 0.1) is 0 Å². The Morgan fingerprint density at radius 1 is 0.958 bits per heavy atom. The van der Waals surface area contributed by atoms with Crippen LogP contribution < -0.4 is 10.6 Å². The molecule has 2 amide bonds. The molecule has 120 valence electrons. The van der Waals surface area contributed by atoms with E-state index in [1.165, 1.54) is 0 Å². The molecule has 0 aliphatic heterocycles. The van der Waals surface area contributed by atoms with Crippen LogP contribution in [0.2, 0.25) is 5.02 Å². The molecule has 0 aliphatic carbocycles. The minimum atomic E-state index is -0.574. The van der Waals surface area contributed by atoms with Crippen molar-refractivity contribution in [2.24, 2.45) is 0 Å². The molecule has 0 unspecified atom stereocenters. The molecule has 0 bridgehead atoms. The van der Waals surface area contributed by atoms with Crippen molar-refractivity contribution in [1.29, 1.82) is 0 Å².